The third-order valence-electron chi connectivity index (χ3n) is 3.43. The van der Waals surface area contributed by atoms with E-state index in [4.69, 9.17) is 0 Å². The zero-order chi connectivity index (χ0) is 16.2. The molecular weight excluding hydrogens is 379 g/mol. The third-order valence-corrected chi connectivity index (χ3v) is 5.21. The van der Waals surface area contributed by atoms with Crippen molar-refractivity contribution in [2.45, 2.75) is 5.75 Å². The van der Waals surface area contributed by atoms with Gasteiger partial charge in [0.25, 0.3) is 5.91 Å². The van der Waals surface area contributed by atoms with Crippen LogP contribution in [0.3, 0.4) is 0 Å². The van der Waals surface area contributed by atoms with Crippen LogP contribution in [0.5, 0.6) is 0 Å². The fourth-order valence-electron chi connectivity index (χ4n) is 2.25. The Kier molecular flexibility index (Phi) is 5.13. The van der Waals surface area contributed by atoms with Crippen molar-refractivity contribution < 1.29 is 9.18 Å². The first-order valence-electron chi connectivity index (χ1n) is 7.13. The van der Waals surface area contributed by atoms with Gasteiger partial charge in [-0.1, -0.05) is 36.0 Å². The topological polar surface area (TPSA) is 32.7 Å². The molecule has 6 heteroatoms. The fourth-order valence-corrected chi connectivity index (χ4v) is 3.70. The van der Waals surface area contributed by atoms with E-state index in [1.165, 1.54) is 23.9 Å². The maximum Gasteiger partial charge on any atom is 0.261 e. The van der Waals surface area contributed by atoms with Crippen LogP contribution >= 0.6 is 27.7 Å². The van der Waals surface area contributed by atoms with Crippen LogP contribution in [0.4, 0.5) is 4.39 Å². The molecule has 0 radical (unpaired) electrons. The van der Waals surface area contributed by atoms with Crippen LogP contribution in [0.2, 0.25) is 0 Å². The fraction of sp³-hybridized carbons (Fsp3) is 0.176. The Morgan fingerprint density at radius 2 is 1.96 bits per heavy atom. The second-order valence-corrected chi connectivity index (χ2v) is 6.81. The van der Waals surface area contributed by atoms with Crippen LogP contribution in [0.25, 0.3) is 0 Å². The summed E-state index contributed by atoms with van der Waals surface area (Å²) in [5.41, 5.74) is 1.63. The zero-order valence-electron chi connectivity index (χ0n) is 12.2. The molecule has 2 aromatic carbocycles. The smallest absolute Gasteiger partial charge is 0.261 e. The number of carbonyl (C=O) groups excluding carboxylic acids is 1. The number of hydrogen-bond acceptors (Lipinski definition) is 3. The number of amidine groups is 1. The van der Waals surface area contributed by atoms with E-state index in [-0.39, 0.29) is 11.7 Å². The maximum atomic E-state index is 12.9. The Bertz CT molecular complexity index is 749. The number of rotatable bonds is 3. The Hall–Kier alpha value is -1.66. The molecule has 1 amide bonds. The van der Waals surface area contributed by atoms with Crippen LogP contribution in [-0.4, -0.2) is 29.1 Å². The average molecular weight is 393 g/mol. The van der Waals surface area contributed by atoms with Gasteiger partial charge in [0.15, 0.2) is 5.17 Å². The van der Waals surface area contributed by atoms with Gasteiger partial charge in [-0.25, -0.2) is 4.39 Å². The molecular formula is C17H14BrFN2OS. The molecule has 1 aliphatic rings. The predicted octanol–water partition coefficient (Wildman–Crippen LogP) is 4.33. The molecule has 0 saturated heterocycles. The first-order chi connectivity index (χ1) is 11.1. The number of halogens is 2. The quantitative estimate of drug-likeness (QED) is 0.778. The van der Waals surface area contributed by atoms with Crippen molar-refractivity contribution in [1.29, 1.82) is 0 Å². The Labute approximate surface area is 146 Å². The summed E-state index contributed by atoms with van der Waals surface area (Å²) < 4.78 is 13.7. The highest BCUT2D eigenvalue weighted by molar-refractivity contribution is 9.10. The van der Waals surface area contributed by atoms with E-state index >= 15 is 0 Å². The summed E-state index contributed by atoms with van der Waals surface area (Å²) in [4.78, 5) is 18.8. The van der Waals surface area contributed by atoms with E-state index in [1.807, 2.05) is 18.2 Å². The second-order valence-electron chi connectivity index (χ2n) is 5.02. The summed E-state index contributed by atoms with van der Waals surface area (Å²) >= 11 is 4.91. The number of amides is 1. The minimum Gasteiger partial charge on any atom is -0.286 e. The SMILES string of the molecule is O=C(c1ccccc1Br)N1CCN=C1SCc1ccc(F)cc1. The van der Waals surface area contributed by atoms with Crippen LogP contribution in [0.1, 0.15) is 15.9 Å². The first kappa shape index (κ1) is 16.2. The number of hydrogen-bond donors (Lipinski definition) is 0. The van der Waals surface area contributed by atoms with Gasteiger partial charge in [0.1, 0.15) is 5.82 Å². The van der Waals surface area contributed by atoms with Crippen molar-refractivity contribution in [3.8, 4) is 0 Å². The molecule has 0 fully saturated rings. The van der Waals surface area contributed by atoms with Crippen molar-refractivity contribution in [3.05, 3.63) is 69.9 Å². The van der Waals surface area contributed by atoms with E-state index < -0.39 is 0 Å². The van der Waals surface area contributed by atoms with E-state index in [0.29, 0.717) is 24.4 Å². The zero-order valence-corrected chi connectivity index (χ0v) is 14.6. The summed E-state index contributed by atoms with van der Waals surface area (Å²) in [5.74, 6) is 0.349. The van der Waals surface area contributed by atoms with Gasteiger partial charge in [-0.3, -0.25) is 14.7 Å². The van der Waals surface area contributed by atoms with Crippen molar-refractivity contribution in [1.82, 2.24) is 4.90 Å². The van der Waals surface area contributed by atoms with Crippen LogP contribution in [-0.2, 0) is 5.75 Å². The van der Waals surface area contributed by atoms with Gasteiger partial charge in [-0.15, -0.1) is 0 Å². The summed E-state index contributed by atoms with van der Waals surface area (Å²) in [6, 6.07) is 13.8. The number of benzene rings is 2. The monoisotopic (exact) mass is 392 g/mol. The molecule has 0 bridgehead atoms. The normalized spacial score (nSPS) is 14.0. The van der Waals surface area contributed by atoms with E-state index in [2.05, 4.69) is 20.9 Å². The number of thioether (sulfide) groups is 1. The average Bonchev–Trinajstić information content (AvgIpc) is 3.03. The summed E-state index contributed by atoms with van der Waals surface area (Å²) in [6.07, 6.45) is 0. The Morgan fingerprint density at radius 3 is 2.70 bits per heavy atom. The highest BCUT2D eigenvalue weighted by Gasteiger charge is 2.26. The summed E-state index contributed by atoms with van der Waals surface area (Å²) in [5, 5.41) is 0.718. The van der Waals surface area contributed by atoms with Gasteiger partial charge in [0.2, 0.25) is 0 Å². The van der Waals surface area contributed by atoms with Crippen molar-refractivity contribution in [3.63, 3.8) is 0 Å². The third kappa shape index (κ3) is 3.82. The molecule has 3 nitrogen and oxygen atoms in total. The molecule has 118 valence electrons. The summed E-state index contributed by atoms with van der Waals surface area (Å²) in [7, 11) is 0. The van der Waals surface area contributed by atoms with E-state index in [1.54, 1.807) is 23.1 Å². The van der Waals surface area contributed by atoms with E-state index in [9.17, 15) is 9.18 Å². The molecule has 0 spiro atoms. The standard InChI is InChI=1S/C17H14BrFN2OS/c18-15-4-2-1-3-14(15)16(22)21-10-9-20-17(21)23-11-12-5-7-13(19)8-6-12/h1-8H,9-11H2. The predicted molar refractivity (Wildman–Crippen MR) is 95.2 cm³/mol. The molecule has 23 heavy (non-hydrogen) atoms. The van der Waals surface area contributed by atoms with Gasteiger partial charge in [-0.2, -0.15) is 0 Å². The van der Waals surface area contributed by atoms with Crippen LogP contribution < -0.4 is 0 Å². The van der Waals surface area contributed by atoms with Crippen LogP contribution in [0, 0.1) is 5.82 Å². The lowest BCUT2D eigenvalue weighted by Gasteiger charge is -2.18. The Balaban J connectivity index is 1.69. The highest BCUT2D eigenvalue weighted by Crippen LogP contribution is 2.24. The van der Waals surface area contributed by atoms with Crippen molar-refractivity contribution >= 4 is 38.8 Å². The molecule has 3 rings (SSSR count). The van der Waals surface area contributed by atoms with Crippen molar-refractivity contribution in [2.75, 3.05) is 13.1 Å². The highest BCUT2D eigenvalue weighted by atomic mass is 79.9. The number of aliphatic imine (C=N–C) groups is 1. The van der Waals surface area contributed by atoms with Crippen LogP contribution in [0.15, 0.2) is 58.0 Å². The molecule has 0 N–H and O–H groups in total. The van der Waals surface area contributed by atoms with Gasteiger partial charge in [-0.05, 0) is 45.8 Å². The molecule has 0 saturated carbocycles. The maximum absolute atomic E-state index is 12.9. The molecule has 0 aromatic heterocycles. The molecule has 2 aromatic rings. The Morgan fingerprint density at radius 1 is 1.22 bits per heavy atom. The second kappa shape index (κ2) is 7.27. The number of nitrogens with zero attached hydrogens (tertiary/aromatic N) is 2. The van der Waals surface area contributed by atoms with Gasteiger partial charge >= 0.3 is 0 Å². The minimum atomic E-state index is -0.248. The molecule has 1 aliphatic heterocycles. The van der Waals surface area contributed by atoms with E-state index in [0.717, 1.165) is 15.2 Å². The lowest BCUT2D eigenvalue weighted by molar-refractivity contribution is 0.0860. The van der Waals surface area contributed by atoms with Crippen molar-refractivity contribution in [2.24, 2.45) is 4.99 Å². The number of carbonyl (C=O) groups is 1. The lowest BCUT2D eigenvalue weighted by Crippen LogP contribution is -2.33. The molecule has 0 aliphatic carbocycles. The minimum absolute atomic E-state index is 0.0552. The van der Waals surface area contributed by atoms with Gasteiger partial charge < -0.3 is 0 Å². The van der Waals surface area contributed by atoms with Gasteiger partial charge in [0, 0.05) is 16.8 Å². The lowest BCUT2D eigenvalue weighted by atomic mass is 10.2. The molecule has 1 heterocycles. The first-order valence-corrected chi connectivity index (χ1v) is 8.91. The largest absolute Gasteiger partial charge is 0.286 e. The summed E-state index contributed by atoms with van der Waals surface area (Å²) in [6.45, 7) is 1.20. The molecule has 0 unspecified atom stereocenters. The van der Waals surface area contributed by atoms with Gasteiger partial charge in [0.05, 0.1) is 12.1 Å². The molecule has 0 atom stereocenters.